The van der Waals surface area contributed by atoms with Crippen molar-refractivity contribution in [2.75, 3.05) is 14.2 Å². The van der Waals surface area contributed by atoms with Gasteiger partial charge in [0.1, 0.15) is 0 Å². The molecule has 8 heteroatoms. The number of ether oxygens (including phenoxy) is 2. The summed E-state index contributed by atoms with van der Waals surface area (Å²) in [4.78, 5) is 0. The lowest BCUT2D eigenvalue weighted by atomic mass is 9.60. The van der Waals surface area contributed by atoms with Gasteiger partial charge >= 0.3 is 14.2 Å². The third-order valence-electron chi connectivity index (χ3n) is 6.20. The molecule has 6 nitrogen and oxygen atoms in total. The predicted molar refractivity (Wildman–Crippen MR) is 98.5 cm³/mol. The molecule has 0 aromatic heterocycles. The first-order chi connectivity index (χ1) is 11.3. The predicted octanol–water partition coefficient (Wildman–Crippen LogP) is 3.16. The van der Waals surface area contributed by atoms with Crippen LogP contribution in [0.1, 0.15) is 55.4 Å². The maximum absolute atomic E-state index is 6.23. The minimum Gasteiger partial charge on any atom is -0.403 e. The molecule has 144 valence electrons. The number of methoxy groups -OCH3 is 2. The van der Waals surface area contributed by atoms with Crippen molar-refractivity contribution in [2.45, 2.75) is 96.2 Å². The highest BCUT2D eigenvalue weighted by Crippen LogP contribution is 2.45. The molecule has 2 fully saturated rings. The molecule has 0 N–H and O–H groups in total. The highest BCUT2D eigenvalue weighted by atomic mass is 16.7. The summed E-state index contributed by atoms with van der Waals surface area (Å²) in [6.45, 7) is 16.3. The number of hydrogen-bond acceptors (Lipinski definition) is 6. The Morgan fingerprint density at radius 1 is 0.680 bits per heavy atom. The van der Waals surface area contributed by atoms with Crippen LogP contribution in [0.25, 0.3) is 0 Å². The second kappa shape index (κ2) is 6.80. The molecular weight excluding hydrogens is 322 g/mol. The van der Waals surface area contributed by atoms with E-state index in [1.807, 2.05) is 55.4 Å². The Bertz CT molecular complexity index is 444. The van der Waals surface area contributed by atoms with E-state index in [1.165, 1.54) is 0 Å². The molecule has 0 spiro atoms. The highest BCUT2D eigenvalue weighted by Gasteiger charge is 2.58. The lowest BCUT2D eigenvalue weighted by Gasteiger charge is -2.32. The standard InChI is InChI=1S/C17H34B2O6/c1-14(2)15(3,4)23-18(22-14)11-12(13(20-9)21-10)19-24-16(5,6)17(7,8)25-19/h12-13H,11H2,1-10H3/t12-/m1/s1. The normalized spacial score (nSPS) is 28.0. The van der Waals surface area contributed by atoms with Gasteiger partial charge in [0.2, 0.25) is 0 Å². The smallest absolute Gasteiger partial charge is 0.403 e. The first-order valence-corrected chi connectivity index (χ1v) is 9.03. The molecule has 0 radical (unpaired) electrons. The van der Waals surface area contributed by atoms with Gasteiger partial charge in [-0.2, -0.15) is 0 Å². The maximum atomic E-state index is 6.23. The summed E-state index contributed by atoms with van der Waals surface area (Å²) in [5.41, 5.74) is -1.60. The van der Waals surface area contributed by atoms with Crippen molar-refractivity contribution in [1.29, 1.82) is 0 Å². The molecule has 0 saturated carbocycles. The third-order valence-corrected chi connectivity index (χ3v) is 6.20. The Labute approximate surface area is 153 Å². The van der Waals surface area contributed by atoms with Gasteiger partial charge in [0.05, 0.1) is 22.4 Å². The lowest BCUT2D eigenvalue weighted by molar-refractivity contribution is -0.108. The second-order valence-electron chi connectivity index (χ2n) is 9.05. The average Bonchev–Trinajstić information content (AvgIpc) is 2.78. The Hall–Kier alpha value is -0.110. The molecule has 0 aromatic rings. The zero-order valence-electron chi connectivity index (χ0n) is 17.5. The van der Waals surface area contributed by atoms with E-state index in [1.54, 1.807) is 14.2 Å². The van der Waals surface area contributed by atoms with E-state index >= 15 is 0 Å². The van der Waals surface area contributed by atoms with Crippen LogP contribution in [0.5, 0.6) is 0 Å². The van der Waals surface area contributed by atoms with Crippen LogP contribution in [0.3, 0.4) is 0 Å². The van der Waals surface area contributed by atoms with E-state index in [2.05, 4.69) is 0 Å². The molecule has 25 heavy (non-hydrogen) atoms. The second-order valence-corrected chi connectivity index (χ2v) is 9.05. The van der Waals surface area contributed by atoms with Gasteiger partial charge in [0.25, 0.3) is 0 Å². The Balaban J connectivity index is 2.19. The van der Waals surface area contributed by atoms with Crippen LogP contribution in [-0.2, 0) is 28.1 Å². The van der Waals surface area contributed by atoms with Crippen molar-refractivity contribution in [2.24, 2.45) is 0 Å². The topological polar surface area (TPSA) is 55.4 Å². The van der Waals surface area contributed by atoms with Crippen LogP contribution in [-0.4, -0.2) is 57.2 Å². The first-order valence-electron chi connectivity index (χ1n) is 9.03. The van der Waals surface area contributed by atoms with Crippen LogP contribution in [0, 0.1) is 0 Å². The molecule has 2 heterocycles. The summed E-state index contributed by atoms with van der Waals surface area (Å²) in [6, 6.07) is 0. The Kier molecular flexibility index (Phi) is 5.77. The zero-order chi connectivity index (χ0) is 19.3. The van der Waals surface area contributed by atoms with Gasteiger partial charge in [0.15, 0.2) is 6.29 Å². The third kappa shape index (κ3) is 3.94. The van der Waals surface area contributed by atoms with E-state index in [-0.39, 0.29) is 24.1 Å². The fourth-order valence-corrected chi connectivity index (χ4v) is 3.14. The molecule has 2 aliphatic rings. The minimum absolute atomic E-state index is 0.189. The summed E-state index contributed by atoms with van der Waals surface area (Å²) in [6.07, 6.45) is 0.0736. The van der Waals surface area contributed by atoms with E-state index in [0.29, 0.717) is 6.32 Å². The van der Waals surface area contributed by atoms with Gasteiger partial charge in [-0.15, -0.1) is 0 Å². The van der Waals surface area contributed by atoms with Crippen LogP contribution >= 0.6 is 0 Å². The highest BCUT2D eigenvalue weighted by molar-refractivity contribution is 6.53. The molecule has 0 aromatic carbocycles. The van der Waals surface area contributed by atoms with Crippen LogP contribution in [0.4, 0.5) is 0 Å². The van der Waals surface area contributed by atoms with Crippen LogP contribution < -0.4 is 0 Å². The van der Waals surface area contributed by atoms with Gasteiger partial charge in [0, 0.05) is 20.0 Å². The van der Waals surface area contributed by atoms with E-state index < -0.39 is 24.6 Å². The van der Waals surface area contributed by atoms with Gasteiger partial charge in [-0.1, -0.05) is 0 Å². The van der Waals surface area contributed by atoms with Crippen molar-refractivity contribution in [3.63, 3.8) is 0 Å². The molecule has 0 amide bonds. The summed E-state index contributed by atoms with van der Waals surface area (Å²) in [5, 5.41) is 0. The van der Waals surface area contributed by atoms with Gasteiger partial charge in [-0.3, -0.25) is 0 Å². The van der Waals surface area contributed by atoms with Crippen molar-refractivity contribution in [3.8, 4) is 0 Å². The quantitative estimate of drug-likeness (QED) is 0.538. The van der Waals surface area contributed by atoms with E-state index in [9.17, 15) is 0 Å². The van der Waals surface area contributed by atoms with Gasteiger partial charge in [-0.25, -0.2) is 0 Å². The van der Waals surface area contributed by atoms with Crippen LogP contribution in [0.2, 0.25) is 12.1 Å². The summed E-state index contributed by atoms with van der Waals surface area (Å²) < 4.78 is 35.8. The lowest BCUT2D eigenvalue weighted by Crippen LogP contribution is -2.41. The largest absolute Gasteiger partial charge is 0.465 e. The number of rotatable bonds is 6. The molecule has 0 unspecified atom stereocenters. The fourth-order valence-electron chi connectivity index (χ4n) is 3.14. The number of hydrogen-bond donors (Lipinski definition) is 0. The average molecular weight is 356 g/mol. The SMILES string of the molecule is COC(OC)[C@@H](CB1OC(C)(C)C(C)(C)O1)B1OC(C)(C)C(C)(C)O1. The Morgan fingerprint density at radius 2 is 1.04 bits per heavy atom. The van der Waals surface area contributed by atoms with E-state index in [0.717, 1.165) is 0 Å². The Morgan fingerprint density at radius 3 is 1.40 bits per heavy atom. The molecule has 2 saturated heterocycles. The minimum atomic E-state index is -0.478. The molecule has 2 aliphatic heterocycles. The van der Waals surface area contributed by atoms with Crippen LogP contribution in [0.15, 0.2) is 0 Å². The monoisotopic (exact) mass is 356 g/mol. The molecule has 0 bridgehead atoms. The summed E-state index contributed by atoms with van der Waals surface area (Å²) in [5.74, 6) is -0.189. The van der Waals surface area contributed by atoms with Gasteiger partial charge < -0.3 is 28.1 Å². The summed E-state index contributed by atoms with van der Waals surface area (Å²) >= 11 is 0. The molecule has 1 atom stereocenters. The van der Waals surface area contributed by atoms with Crippen molar-refractivity contribution < 1.29 is 28.1 Å². The van der Waals surface area contributed by atoms with Crippen molar-refractivity contribution >= 4 is 14.2 Å². The zero-order valence-corrected chi connectivity index (χ0v) is 17.5. The summed E-state index contributed by atoms with van der Waals surface area (Å²) in [7, 11) is 2.41. The first kappa shape index (κ1) is 21.2. The fraction of sp³-hybridized carbons (Fsp3) is 1.00. The molecule has 0 aliphatic carbocycles. The van der Waals surface area contributed by atoms with E-state index in [4.69, 9.17) is 28.1 Å². The maximum Gasteiger partial charge on any atom is 0.465 e. The van der Waals surface area contributed by atoms with Crippen molar-refractivity contribution in [3.05, 3.63) is 0 Å². The van der Waals surface area contributed by atoms with Gasteiger partial charge in [-0.05, 0) is 61.7 Å². The molecular formula is C17H34B2O6. The van der Waals surface area contributed by atoms with Crippen molar-refractivity contribution in [1.82, 2.24) is 0 Å². The molecule has 2 rings (SSSR count).